The second-order valence-electron chi connectivity index (χ2n) is 7.64. The molecule has 1 saturated heterocycles. The highest BCUT2D eigenvalue weighted by Crippen LogP contribution is 2.44. The van der Waals surface area contributed by atoms with Crippen LogP contribution in [0, 0.1) is 0 Å². The van der Waals surface area contributed by atoms with Gasteiger partial charge in [0, 0.05) is 17.7 Å². The van der Waals surface area contributed by atoms with Gasteiger partial charge >= 0.3 is 0 Å². The van der Waals surface area contributed by atoms with E-state index < -0.39 is 59.6 Å². The second-order valence-corrected chi connectivity index (χ2v) is 7.64. The number of aromatic hydroxyl groups is 3. The van der Waals surface area contributed by atoms with Crippen molar-refractivity contribution in [3.8, 4) is 34.3 Å². The summed E-state index contributed by atoms with van der Waals surface area (Å²) in [5.41, 5.74) is -0.994. The lowest BCUT2D eigenvalue weighted by Gasteiger charge is -2.40. The molecule has 2 heterocycles. The van der Waals surface area contributed by atoms with Gasteiger partial charge in [0.25, 0.3) is 0 Å². The maximum Gasteiger partial charge on any atom is 0.197 e. The Kier molecular flexibility index (Phi) is 5.91. The van der Waals surface area contributed by atoms with Crippen molar-refractivity contribution in [1.29, 1.82) is 0 Å². The number of phenols is 3. The summed E-state index contributed by atoms with van der Waals surface area (Å²) < 4.78 is 16.0. The molecule has 5 atom stereocenters. The van der Waals surface area contributed by atoms with Crippen LogP contribution in [0.2, 0.25) is 0 Å². The first-order chi connectivity index (χ1) is 15.7. The van der Waals surface area contributed by atoms with E-state index in [1.165, 1.54) is 25.3 Å². The van der Waals surface area contributed by atoms with Gasteiger partial charge in [0.15, 0.2) is 16.9 Å². The fourth-order valence-corrected chi connectivity index (χ4v) is 3.91. The fourth-order valence-electron chi connectivity index (χ4n) is 3.91. The van der Waals surface area contributed by atoms with Gasteiger partial charge in [-0.25, -0.2) is 0 Å². The van der Waals surface area contributed by atoms with Gasteiger partial charge in [0.2, 0.25) is 0 Å². The Morgan fingerprint density at radius 1 is 0.970 bits per heavy atom. The molecule has 7 N–H and O–H groups in total. The van der Waals surface area contributed by atoms with Gasteiger partial charge < -0.3 is 49.6 Å². The molecule has 0 aliphatic carbocycles. The van der Waals surface area contributed by atoms with Crippen LogP contribution in [0.4, 0.5) is 0 Å². The highest BCUT2D eigenvalue weighted by Gasteiger charge is 2.46. The molecular weight excluding hydrogens is 440 g/mol. The van der Waals surface area contributed by atoms with Crippen molar-refractivity contribution < 1.29 is 49.6 Å². The van der Waals surface area contributed by atoms with E-state index >= 15 is 0 Å². The zero-order valence-corrected chi connectivity index (χ0v) is 17.2. The van der Waals surface area contributed by atoms with E-state index in [1.54, 1.807) is 0 Å². The molecule has 1 fully saturated rings. The first-order valence-corrected chi connectivity index (χ1v) is 9.88. The SMILES string of the molecule is COc1ccc(-c2cc(=O)c3c(O)c(C4OC(CO)C(O)C(O)C4O)c(O)cc3o2)cc1O. The molecule has 0 spiro atoms. The van der Waals surface area contributed by atoms with Crippen LogP contribution < -0.4 is 10.2 Å². The van der Waals surface area contributed by atoms with E-state index in [1.807, 2.05) is 0 Å². The summed E-state index contributed by atoms with van der Waals surface area (Å²) in [5, 5.41) is 70.7. The molecule has 11 nitrogen and oxygen atoms in total. The number of phenolic OH excluding ortho intramolecular Hbond substituents is 3. The molecule has 0 saturated carbocycles. The summed E-state index contributed by atoms with van der Waals surface area (Å²) in [6, 6.07) is 6.40. The maximum absolute atomic E-state index is 12.8. The number of ether oxygens (including phenoxy) is 2. The van der Waals surface area contributed by atoms with Gasteiger partial charge in [-0.15, -0.1) is 0 Å². The van der Waals surface area contributed by atoms with Crippen LogP contribution in [0.5, 0.6) is 23.0 Å². The van der Waals surface area contributed by atoms with Crippen molar-refractivity contribution in [2.75, 3.05) is 13.7 Å². The molecular formula is C22H22O11. The number of hydrogen-bond donors (Lipinski definition) is 7. The highest BCUT2D eigenvalue weighted by atomic mass is 16.5. The molecule has 1 aromatic heterocycles. The largest absolute Gasteiger partial charge is 0.507 e. The molecule has 0 amide bonds. The summed E-state index contributed by atoms with van der Waals surface area (Å²) in [6.45, 7) is -0.712. The third-order valence-electron chi connectivity index (χ3n) is 5.65. The van der Waals surface area contributed by atoms with Gasteiger partial charge in [-0.2, -0.15) is 0 Å². The van der Waals surface area contributed by atoms with Gasteiger partial charge in [-0.05, 0) is 18.2 Å². The third-order valence-corrected chi connectivity index (χ3v) is 5.65. The van der Waals surface area contributed by atoms with E-state index in [0.717, 1.165) is 12.1 Å². The number of benzene rings is 2. The minimum absolute atomic E-state index is 0.0323. The fraction of sp³-hybridized carbons (Fsp3) is 0.318. The molecule has 4 rings (SSSR count). The van der Waals surface area contributed by atoms with Crippen LogP contribution in [0.15, 0.2) is 39.5 Å². The van der Waals surface area contributed by atoms with Crippen molar-refractivity contribution in [2.24, 2.45) is 0 Å². The monoisotopic (exact) mass is 462 g/mol. The summed E-state index contributed by atoms with van der Waals surface area (Å²) in [5.74, 6) is -1.33. The summed E-state index contributed by atoms with van der Waals surface area (Å²) >= 11 is 0. The number of rotatable bonds is 4. The van der Waals surface area contributed by atoms with Crippen LogP contribution in [0.25, 0.3) is 22.3 Å². The summed E-state index contributed by atoms with van der Waals surface area (Å²) in [6.07, 6.45) is -8.03. The van der Waals surface area contributed by atoms with E-state index in [0.29, 0.717) is 5.56 Å². The van der Waals surface area contributed by atoms with E-state index in [2.05, 4.69) is 0 Å². The zero-order chi connectivity index (χ0) is 24.0. The van der Waals surface area contributed by atoms with Crippen LogP contribution >= 0.6 is 0 Å². The lowest BCUT2D eigenvalue weighted by molar-refractivity contribution is -0.232. The first-order valence-electron chi connectivity index (χ1n) is 9.88. The van der Waals surface area contributed by atoms with Gasteiger partial charge in [0.05, 0.1) is 19.3 Å². The number of aliphatic hydroxyl groups is 4. The number of aliphatic hydroxyl groups excluding tert-OH is 4. The average Bonchev–Trinajstić information content (AvgIpc) is 2.78. The van der Waals surface area contributed by atoms with E-state index in [4.69, 9.17) is 13.9 Å². The number of fused-ring (bicyclic) bond motifs is 1. The molecule has 0 bridgehead atoms. The van der Waals surface area contributed by atoms with E-state index in [-0.39, 0.29) is 28.2 Å². The topological polar surface area (TPSA) is 190 Å². The van der Waals surface area contributed by atoms with Gasteiger partial charge in [0.1, 0.15) is 58.7 Å². The molecule has 1 aliphatic heterocycles. The molecule has 0 radical (unpaired) electrons. The number of hydrogen-bond acceptors (Lipinski definition) is 11. The van der Waals surface area contributed by atoms with Gasteiger partial charge in [-0.1, -0.05) is 0 Å². The number of methoxy groups -OCH3 is 1. The molecule has 5 unspecified atom stereocenters. The predicted molar refractivity (Wildman–Crippen MR) is 112 cm³/mol. The summed E-state index contributed by atoms with van der Waals surface area (Å²) in [4.78, 5) is 12.8. The molecule has 176 valence electrons. The second kappa shape index (κ2) is 8.54. The van der Waals surface area contributed by atoms with Gasteiger partial charge in [-0.3, -0.25) is 4.79 Å². The minimum Gasteiger partial charge on any atom is -0.507 e. The standard InChI is InChI=1S/C22H22O11/c1-31-12-3-2-8(4-9(12)24)13-5-10(25)16-14(32-13)6-11(26)17(19(16)28)22-21(30)20(29)18(27)15(7-23)33-22/h2-6,15,18,20-24,26-30H,7H2,1H3. The lowest BCUT2D eigenvalue weighted by Crippen LogP contribution is -2.55. The third kappa shape index (κ3) is 3.75. The minimum atomic E-state index is -1.79. The van der Waals surface area contributed by atoms with Crippen LogP contribution in [-0.2, 0) is 4.74 Å². The average molecular weight is 462 g/mol. The Morgan fingerprint density at radius 2 is 1.70 bits per heavy atom. The van der Waals surface area contributed by atoms with Crippen molar-refractivity contribution >= 4 is 11.0 Å². The molecule has 11 heteroatoms. The summed E-state index contributed by atoms with van der Waals surface area (Å²) in [7, 11) is 1.38. The van der Waals surface area contributed by atoms with E-state index in [9.17, 15) is 40.5 Å². The quantitative estimate of drug-likeness (QED) is 0.278. The maximum atomic E-state index is 12.8. The normalized spacial score (nSPS) is 25.3. The van der Waals surface area contributed by atoms with Crippen molar-refractivity contribution in [3.05, 3.63) is 46.1 Å². The first kappa shape index (κ1) is 22.8. The Hall–Kier alpha value is -3.35. The van der Waals surface area contributed by atoms with Crippen molar-refractivity contribution in [2.45, 2.75) is 30.5 Å². The molecule has 3 aromatic rings. The van der Waals surface area contributed by atoms with Crippen molar-refractivity contribution in [1.82, 2.24) is 0 Å². The Morgan fingerprint density at radius 3 is 2.33 bits per heavy atom. The lowest BCUT2D eigenvalue weighted by atomic mass is 9.89. The Balaban J connectivity index is 1.84. The Bertz CT molecular complexity index is 1250. The molecule has 1 aliphatic rings. The van der Waals surface area contributed by atoms with Crippen LogP contribution in [-0.4, -0.2) is 73.9 Å². The smallest absolute Gasteiger partial charge is 0.197 e. The van der Waals surface area contributed by atoms with Crippen LogP contribution in [0.1, 0.15) is 11.7 Å². The predicted octanol–water partition coefficient (Wildman–Crippen LogP) is 0.100. The van der Waals surface area contributed by atoms with Crippen LogP contribution in [0.3, 0.4) is 0 Å². The molecule has 33 heavy (non-hydrogen) atoms. The van der Waals surface area contributed by atoms with Crippen molar-refractivity contribution in [3.63, 3.8) is 0 Å². The highest BCUT2D eigenvalue weighted by molar-refractivity contribution is 5.88. The Labute approximate surface area is 185 Å². The zero-order valence-electron chi connectivity index (χ0n) is 17.2. The molecule has 2 aromatic carbocycles.